The highest BCUT2D eigenvalue weighted by atomic mass is 32.2. The molecular weight excluding hydrogens is 512 g/mol. The van der Waals surface area contributed by atoms with Crippen molar-refractivity contribution in [1.82, 2.24) is 10.7 Å². The van der Waals surface area contributed by atoms with Crippen LogP contribution in [0.4, 0.5) is 5.69 Å². The van der Waals surface area contributed by atoms with Gasteiger partial charge < -0.3 is 19.5 Å². The number of hydrogen-bond acceptors (Lipinski definition) is 8. The van der Waals surface area contributed by atoms with Crippen LogP contribution >= 0.6 is 0 Å². The molecule has 1 aliphatic rings. The van der Waals surface area contributed by atoms with E-state index < -0.39 is 22.0 Å². The van der Waals surface area contributed by atoms with Crippen LogP contribution in [0.15, 0.2) is 53.6 Å². The monoisotopic (exact) mass is 546 g/mol. The third kappa shape index (κ3) is 8.73. The Labute approximate surface area is 223 Å². The molecule has 0 aromatic heterocycles. The molecular formula is C26H34N4O7S. The van der Waals surface area contributed by atoms with Crippen molar-refractivity contribution in [2.75, 3.05) is 36.9 Å². The maximum atomic E-state index is 12.7. The van der Waals surface area contributed by atoms with Crippen molar-refractivity contribution in [2.45, 2.75) is 38.8 Å². The van der Waals surface area contributed by atoms with Crippen LogP contribution < -0.4 is 24.5 Å². The van der Waals surface area contributed by atoms with Crippen LogP contribution in [-0.4, -0.2) is 71.2 Å². The average molecular weight is 547 g/mol. The fourth-order valence-electron chi connectivity index (χ4n) is 3.81. The molecule has 2 aromatic rings. The Bertz CT molecular complexity index is 1200. The van der Waals surface area contributed by atoms with Gasteiger partial charge in [-0.15, -0.1) is 0 Å². The zero-order chi connectivity index (χ0) is 27.5. The van der Waals surface area contributed by atoms with E-state index >= 15 is 0 Å². The highest BCUT2D eigenvalue weighted by molar-refractivity contribution is 7.92. The number of anilines is 1. The number of rotatable bonds is 13. The zero-order valence-corrected chi connectivity index (χ0v) is 22.6. The number of sulfonamides is 1. The second-order valence-electron chi connectivity index (χ2n) is 8.69. The number of nitrogens with one attached hydrogen (secondary N) is 2. The lowest BCUT2D eigenvalue weighted by Crippen LogP contribution is -2.46. The highest BCUT2D eigenvalue weighted by Gasteiger charge is 2.29. The third-order valence-electron chi connectivity index (χ3n) is 5.68. The second kappa shape index (κ2) is 13.8. The first-order valence-corrected chi connectivity index (χ1v) is 14.2. The number of hydrogen-bond donors (Lipinski definition) is 2. The summed E-state index contributed by atoms with van der Waals surface area (Å²) in [6.45, 7) is 4.91. The first-order chi connectivity index (χ1) is 18.2. The molecule has 0 unspecified atom stereocenters. The van der Waals surface area contributed by atoms with Gasteiger partial charge in [-0.1, -0.05) is 0 Å². The van der Waals surface area contributed by atoms with E-state index in [1.165, 1.54) is 13.1 Å². The van der Waals surface area contributed by atoms with Crippen LogP contribution in [0, 0.1) is 0 Å². The molecule has 0 radical (unpaired) electrons. The van der Waals surface area contributed by atoms with Crippen molar-refractivity contribution in [3.05, 3.63) is 54.1 Å². The molecule has 11 nitrogen and oxygen atoms in total. The van der Waals surface area contributed by atoms with E-state index in [-0.39, 0.29) is 18.6 Å². The smallest absolute Gasteiger partial charge is 0.263 e. The van der Waals surface area contributed by atoms with Crippen LogP contribution in [-0.2, 0) is 24.3 Å². The van der Waals surface area contributed by atoms with Crippen molar-refractivity contribution < 1.29 is 32.2 Å². The van der Waals surface area contributed by atoms with E-state index in [9.17, 15) is 18.0 Å². The molecule has 1 heterocycles. The van der Waals surface area contributed by atoms with Crippen LogP contribution in [0.1, 0.15) is 32.3 Å². The van der Waals surface area contributed by atoms with Crippen LogP contribution in [0.5, 0.6) is 11.5 Å². The summed E-state index contributed by atoms with van der Waals surface area (Å²) in [6, 6.07) is 12.2. The molecule has 2 N–H and O–H groups in total. The maximum Gasteiger partial charge on any atom is 0.263 e. The Morgan fingerprint density at radius 1 is 1.13 bits per heavy atom. The summed E-state index contributed by atoms with van der Waals surface area (Å²) in [5.74, 6) is 0.276. The van der Waals surface area contributed by atoms with E-state index in [1.807, 2.05) is 6.92 Å². The molecule has 38 heavy (non-hydrogen) atoms. The minimum atomic E-state index is -3.76. The quantitative estimate of drug-likeness (QED) is 0.290. The third-order valence-corrected chi connectivity index (χ3v) is 6.92. The molecule has 206 valence electrons. The van der Waals surface area contributed by atoms with Gasteiger partial charge in [-0.25, -0.2) is 13.8 Å². The second-order valence-corrected chi connectivity index (χ2v) is 10.6. The van der Waals surface area contributed by atoms with Gasteiger partial charge in [0.15, 0.2) is 6.61 Å². The Morgan fingerprint density at radius 3 is 2.39 bits per heavy atom. The lowest BCUT2D eigenvalue weighted by Gasteiger charge is -2.27. The van der Waals surface area contributed by atoms with E-state index in [1.54, 1.807) is 48.5 Å². The number of amides is 2. The fraction of sp³-hybridized carbons (Fsp3) is 0.423. The van der Waals surface area contributed by atoms with E-state index in [0.717, 1.165) is 30.0 Å². The number of carbonyl (C=O) groups excluding carboxylic acids is 2. The molecule has 0 spiro atoms. The van der Waals surface area contributed by atoms with Gasteiger partial charge in [0.1, 0.15) is 17.5 Å². The van der Waals surface area contributed by atoms with Crippen molar-refractivity contribution in [3.63, 3.8) is 0 Å². The number of hydrazone groups is 1. The van der Waals surface area contributed by atoms with Crippen LogP contribution in [0.3, 0.4) is 0 Å². The maximum absolute atomic E-state index is 12.7. The normalized spacial score (nSPS) is 16.1. The Balaban J connectivity index is 1.50. The summed E-state index contributed by atoms with van der Waals surface area (Å²) >= 11 is 0. The first-order valence-electron chi connectivity index (χ1n) is 12.3. The van der Waals surface area contributed by atoms with Gasteiger partial charge in [0, 0.05) is 13.2 Å². The lowest BCUT2D eigenvalue weighted by molar-refractivity contribution is -0.123. The molecule has 0 aliphatic carbocycles. The first kappa shape index (κ1) is 28.9. The average Bonchev–Trinajstić information content (AvgIpc) is 3.41. The van der Waals surface area contributed by atoms with E-state index in [2.05, 4.69) is 15.8 Å². The number of benzene rings is 2. The van der Waals surface area contributed by atoms with Crippen LogP contribution in [0.2, 0.25) is 0 Å². The molecule has 1 aliphatic heterocycles. The van der Waals surface area contributed by atoms with Crippen molar-refractivity contribution >= 4 is 33.7 Å². The summed E-state index contributed by atoms with van der Waals surface area (Å²) in [6.07, 6.45) is 4.49. The fourth-order valence-corrected chi connectivity index (χ4v) is 4.99. The van der Waals surface area contributed by atoms with Gasteiger partial charge in [-0.3, -0.25) is 13.9 Å². The molecule has 2 amide bonds. The Hall–Kier alpha value is -3.64. The molecule has 0 saturated carbocycles. The van der Waals surface area contributed by atoms with Gasteiger partial charge in [0.25, 0.3) is 11.8 Å². The number of carbonyl (C=O) groups is 2. The molecule has 1 saturated heterocycles. The molecule has 2 atom stereocenters. The van der Waals surface area contributed by atoms with Crippen molar-refractivity contribution in [2.24, 2.45) is 5.10 Å². The van der Waals surface area contributed by atoms with Gasteiger partial charge in [-0.2, -0.15) is 5.10 Å². The minimum Gasteiger partial charge on any atom is -0.494 e. The Kier molecular flexibility index (Phi) is 10.5. The van der Waals surface area contributed by atoms with Gasteiger partial charge >= 0.3 is 0 Å². The predicted molar refractivity (Wildman–Crippen MR) is 144 cm³/mol. The molecule has 12 heteroatoms. The molecule has 2 aromatic carbocycles. The lowest BCUT2D eigenvalue weighted by atomic mass is 10.2. The van der Waals surface area contributed by atoms with Gasteiger partial charge in [0.2, 0.25) is 10.0 Å². The van der Waals surface area contributed by atoms with Crippen molar-refractivity contribution in [3.8, 4) is 11.5 Å². The summed E-state index contributed by atoms with van der Waals surface area (Å²) < 4.78 is 42.3. The molecule has 3 rings (SSSR count). The minimum absolute atomic E-state index is 0.0719. The topological polar surface area (TPSA) is 136 Å². The SMILES string of the molecule is CCOc1ccc(N([C@H](C)C(=O)N/N=C\c2ccc(OCC(=O)NC[C@@H]3CCCO3)cc2)S(C)(=O)=O)cc1. The zero-order valence-electron chi connectivity index (χ0n) is 21.8. The predicted octanol–water partition coefficient (Wildman–Crippen LogP) is 2.06. The van der Waals surface area contributed by atoms with Gasteiger partial charge in [-0.05, 0) is 80.8 Å². The number of ether oxygens (including phenoxy) is 3. The molecule has 0 bridgehead atoms. The van der Waals surface area contributed by atoms with E-state index in [4.69, 9.17) is 14.2 Å². The van der Waals surface area contributed by atoms with Crippen molar-refractivity contribution in [1.29, 1.82) is 0 Å². The molecule has 1 fully saturated rings. The summed E-state index contributed by atoms with van der Waals surface area (Å²) in [5, 5.41) is 6.73. The highest BCUT2D eigenvalue weighted by Crippen LogP contribution is 2.24. The largest absolute Gasteiger partial charge is 0.494 e. The van der Waals surface area contributed by atoms with Gasteiger partial charge in [0.05, 0.1) is 30.9 Å². The van der Waals surface area contributed by atoms with Crippen LogP contribution in [0.25, 0.3) is 0 Å². The summed E-state index contributed by atoms with van der Waals surface area (Å²) in [4.78, 5) is 24.6. The summed E-state index contributed by atoms with van der Waals surface area (Å²) in [5.41, 5.74) is 3.38. The summed E-state index contributed by atoms with van der Waals surface area (Å²) in [7, 11) is -3.76. The number of nitrogens with zero attached hydrogens (tertiary/aromatic N) is 2. The Morgan fingerprint density at radius 2 is 1.79 bits per heavy atom. The van der Waals surface area contributed by atoms with E-state index in [0.29, 0.717) is 35.9 Å². The standard InChI is InChI=1S/C26H34N4O7S/c1-4-35-22-13-9-21(10-14-22)30(38(3,33)34)19(2)26(32)29-28-16-20-7-11-23(12-8-20)37-18-25(31)27-17-24-6-5-15-36-24/h7-14,16,19,24H,4-6,15,17-18H2,1-3H3,(H,27,31)(H,29,32)/b28-16-/t19-,24+/m1/s1.